The van der Waals surface area contributed by atoms with Gasteiger partial charge in [0.15, 0.2) is 0 Å². The van der Waals surface area contributed by atoms with E-state index >= 15 is 0 Å². The highest BCUT2D eigenvalue weighted by molar-refractivity contribution is 5.44. The van der Waals surface area contributed by atoms with Crippen LogP contribution in [0.1, 0.15) is 43.0 Å². The van der Waals surface area contributed by atoms with Crippen LogP contribution in [0.3, 0.4) is 0 Å². The first kappa shape index (κ1) is 8.29. The minimum Gasteiger partial charge on any atom is -0.382 e. The number of rotatable bonds is 1. The molecule has 0 unspecified atom stereocenters. The normalized spacial score (nSPS) is 21.7. The highest BCUT2D eigenvalue weighted by atomic mass is 15.3. The molecule has 1 aliphatic carbocycles. The summed E-state index contributed by atoms with van der Waals surface area (Å²) in [6.07, 6.45) is 5.22. The molecule has 2 aliphatic rings. The van der Waals surface area contributed by atoms with Crippen LogP contribution in [-0.4, -0.2) is 9.78 Å². The second kappa shape index (κ2) is 2.98. The molecule has 2 heterocycles. The lowest BCUT2D eigenvalue weighted by Gasteiger charge is -2.12. The number of hydrogen-bond acceptors (Lipinski definition) is 3. The van der Waals surface area contributed by atoms with Crippen molar-refractivity contribution in [1.82, 2.24) is 15.1 Å². The molecule has 76 valence electrons. The van der Waals surface area contributed by atoms with Gasteiger partial charge in [0.05, 0.1) is 11.7 Å². The smallest absolute Gasteiger partial charge is 0.150 e. The van der Waals surface area contributed by atoms with Crippen molar-refractivity contribution in [3.63, 3.8) is 0 Å². The van der Waals surface area contributed by atoms with Gasteiger partial charge in [-0.2, -0.15) is 5.10 Å². The van der Waals surface area contributed by atoms with Gasteiger partial charge in [0.25, 0.3) is 0 Å². The monoisotopic (exact) mass is 192 g/mol. The molecular weight excluding hydrogens is 176 g/mol. The van der Waals surface area contributed by atoms with Crippen LogP contribution in [0.5, 0.6) is 0 Å². The van der Waals surface area contributed by atoms with Crippen LogP contribution in [0, 0.1) is 0 Å². The van der Waals surface area contributed by atoms with Crippen molar-refractivity contribution in [2.75, 3.05) is 5.73 Å². The zero-order valence-corrected chi connectivity index (χ0v) is 8.29. The summed E-state index contributed by atoms with van der Waals surface area (Å²) in [5, 5.41) is 7.80. The van der Waals surface area contributed by atoms with Crippen LogP contribution in [-0.2, 0) is 13.1 Å². The van der Waals surface area contributed by atoms with Gasteiger partial charge < -0.3 is 11.1 Å². The zero-order valence-electron chi connectivity index (χ0n) is 8.29. The van der Waals surface area contributed by atoms with Gasteiger partial charge in [-0.05, 0) is 12.8 Å². The number of nitrogens with two attached hydrogens (primary N) is 1. The molecule has 4 nitrogen and oxygen atoms in total. The van der Waals surface area contributed by atoms with E-state index in [0.717, 1.165) is 18.9 Å². The Kier molecular flexibility index (Phi) is 1.77. The van der Waals surface area contributed by atoms with Gasteiger partial charge in [-0.1, -0.05) is 12.8 Å². The van der Waals surface area contributed by atoms with Gasteiger partial charge in [0.1, 0.15) is 5.82 Å². The molecule has 0 aromatic carbocycles. The minimum atomic E-state index is 0.612. The Labute approximate surface area is 83.5 Å². The summed E-state index contributed by atoms with van der Waals surface area (Å²) < 4.78 is 2.18. The van der Waals surface area contributed by atoms with Crippen molar-refractivity contribution >= 4 is 5.82 Å². The lowest BCUT2D eigenvalue weighted by atomic mass is 10.2. The summed E-state index contributed by atoms with van der Waals surface area (Å²) in [6.45, 7) is 1.84. The molecule has 3 rings (SSSR count). The fourth-order valence-electron chi connectivity index (χ4n) is 2.66. The van der Waals surface area contributed by atoms with E-state index in [0.29, 0.717) is 6.04 Å². The lowest BCUT2D eigenvalue weighted by Crippen LogP contribution is -2.13. The van der Waals surface area contributed by atoms with Gasteiger partial charge in [0, 0.05) is 18.7 Å². The number of nitrogen functional groups attached to an aromatic ring is 1. The first-order valence-electron chi connectivity index (χ1n) is 5.42. The molecule has 1 fully saturated rings. The Bertz CT molecular complexity index is 349. The van der Waals surface area contributed by atoms with Crippen molar-refractivity contribution in [1.29, 1.82) is 0 Å². The van der Waals surface area contributed by atoms with Crippen molar-refractivity contribution in [2.24, 2.45) is 0 Å². The summed E-state index contributed by atoms with van der Waals surface area (Å²) in [6, 6.07) is 0.612. The number of nitrogens with zero attached hydrogens (tertiary/aromatic N) is 2. The van der Waals surface area contributed by atoms with Gasteiger partial charge in [-0.3, -0.25) is 4.68 Å². The Balaban J connectivity index is 2.01. The fourth-order valence-corrected chi connectivity index (χ4v) is 2.66. The Hall–Kier alpha value is -1.03. The standard InChI is InChI=1S/C10H16N4/c11-10-8-5-12-6-9(8)14(13-10)7-3-1-2-4-7/h7,12H,1-6H2,(H2,11,13). The third kappa shape index (κ3) is 1.07. The van der Waals surface area contributed by atoms with E-state index in [1.54, 1.807) is 0 Å². The molecule has 14 heavy (non-hydrogen) atoms. The summed E-state index contributed by atoms with van der Waals surface area (Å²) in [5.74, 6) is 0.733. The number of nitrogens with one attached hydrogen (secondary N) is 1. The number of hydrogen-bond donors (Lipinski definition) is 2. The maximum atomic E-state index is 5.89. The Morgan fingerprint density at radius 2 is 2.07 bits per heavy atom. The molecule has 0 radical (unpaired) electrons. The highest BCUT2D eigenvalue weighted by Gasteiger charge is 2.26. The average Bonchev–Trinajstić information content (AvgIpc) is 2.84. The maximum Gasteiger partial charge on any atom is 0.150 e. The highest BCUT2D eigenvalue weighted by Crippen LogP contribution is 2.33. The summed E-state index contributed by atoms with van der Waals surface area (Å²) >= 11 is 0. The molecule has 0 amide bonds. The molecule has 1 aliphatic heterocycles. The Morgan fingerprint density at radius 1 is 1.29 bits per heavy atom. The fraction of sp³-hybridized carbons (Fsp3) is 0.700. The largest absolute Gasteiger partial charge is 0.382 e. The minimum absolute atomic E-state index is 0.612. The van der Waals surface area contributed by atoms with Crippen LogP contribution >= 0.6 is 0 Å². The molecular formula is C10H16N4. The van der Waals surface area contributed by atoms with Gasteiger partial charge >= 0.3 is 0 Å². The number of anilines is 1. The second-order valence-electron chi connectivity index (χ2n) is 4.30. The zero-order chi connectivity index (χ0) is 9.54. The number of aromatic nitrogens is 2. The van der Waals surface area contributed by atoms with Crippen molar-refractivity contribution in [2.45, 2.75) is 44.8 Å². The van der Waals surface area contributed by atoms with Crippen LogP contribution in [0.25, 0.3) is 0 Å². The van der Waals surface area contributed by atoms with Crippen molar-refractivity contribution in [3.05, 3.63) is 11.3 Å². The molecule has 3 N–H and O–H groups in total. The van der Waals surface area contributed by atoms with E-state index in [4.69, 9.17) is 5.73 Å². The van der Waals surface area contributed by atoms with E-state index in [1.165, 1.54) is 36.9 Å². The predicted molar refractivity (Wildman–Crippen MR) is 54.7 cm³/mol. The van der Waals surface area contributed by atoms with Crippen LogP contribution in [0.4, 0.5) is 5.82 Å². The topological polar surface area (TPSA) is 55.9 Å². The molecule has 0 atom stereocenters. The van der Waals surface area contributed by atoms with E-state index < -0.39 is 0 Å². The molecule has 1 saturated carbocycles. The third-order valence-corrected chi connectivity index (χ3v) is 3.41. The van der Waals surface area contributed by atoms with Crippen molar-refractivity contribution in [3.8, 4) is 0 Å². The molecule has 1 aromatic heterocycles. The van der Waals surface area contributed by atoms with Gasteiger partial charge in [-0.25, -0.2) is 0 Å². The van der Waals surface area contributed by atoms with Crippen molar-refractivity contribution < 1.29 is 0 Å². The third-order valence-electron chi connectivity index (χ3n) is 3.41. The molecule has 1 aromatic rings. The van der Waals surface area contributed by atoms with E-state index in [9.17, 15) is 0 Å². The van der Waals surface area contributed by atoms with Crippen LogP contribution in [0.2, 0.25) is 0 Å². The molecule has 4 heteroatoms. The maximum absolute atomic E-state index is 5.89. The van der Waals surface area contributed by atoms with E-state index in [-0.39, 0.29) is 0 Å². The SMILES string of the molecule is Nc1nn(C2CCCC2)c2c1CNC2. The molecule has 0 spiro atoms. The Morgan fingerprint density at radius 3 is 2.86 bits per heavy atom. The summed E-state index contributed by atoms with van der Waals surface area (Å²) in [4.78, 5) is 0. The van der Waals surface area contributed by atoms with Crippen LogP contribution < -0.4 is 11.1 Å². The first-order valence-corrected chi connectivity index (χ1v) is 5.42. The summed E-state index contributed by atoms with van der Waals surface area (Å²) in [5.41, 5.74) is 8.45. The first-order chi connectivity index (χ1) is 6.86. The van der Waals surface area contributed by atoms with E-state index in [1.807, 2.05) is 0 Å². The number of fused-ring (bicyclic) bond motifs is 1. The predicted octanol–water partition coefficient (Wildman–Crippen LogP) is 1.18. The summed E-state index contributed by atoms with van der Waals surface area (Å²) in [7, 11) is 0. The lowest BCUT2D eigenvalue weighted by molar-refractivity contribution is 0.449. The van der Waals surface area contributed by atoms with Gasteiger partial charge in [-0.15, -0.1) is 0 Å². The second-order valence-corrected chi connectivity index (χ2v) is 4.30. The molecule has 0 bridgehead atoms. The van der Waals surface area contributed by atoms with Crippen LogP contribution in [0.15, 0.2) is 0 Å². The van der Waals surface area contributed by atoms with E-state index in [2.05, 4.69) is 15.1 Å². The molecule has 0 saturated heterocycles. The quantitative estimate of drug-likeness (QED) is 0.702. The average molecular weight is 192 g/mol. The van der Waals surface area contributed by atoms with Gasteiger partial charge in [0.2, 0.25) is 0 Å².